The monoisotopic (exact) mass is 267 g/mol. The van der Waals surface area contributed by atoms with Gasteiger partial charge in [-0.2, -0.15) is 5.26 Å². The van der Waals surface area contributed by atoms with Crippen LogP contribution in [0.1, 0.15) is 56.6 Å². The highest BCUT2D eigenvalue weighted by Gasteiger charge is 2.00. The first-order valence-corrected chi connectivity index (χ1v) is 6.82. The minimum absolute atomic E-state index is 0.392. The molecule has 104 valence electrons. The number of nitrogens with zero attached hydrogens (tertiary/aromatic N) is 3. The minimum Gasteiger partial charge on any atom is -0.261 e. The van der Waals surface area contributed by atoms with E-state index in [1.807, 2.05) is 42.6 Å². The van der Waals surface area contributed by atoms with Gasteiger partial charge in [0, 0.05) is 17.6 Å². The molecule has 2 heterocycles. The summed E-state index contributed by atoms with van der Waals surface area (Å²) in [6.07, 6.45) is 1.83. The number of nitriles is 1. The van der Waals surface area contributed by atoms with Crippen LogP contribution < -0.4 is 0 Å². The fourth-order valence-electron chi connectivity index (χ4n) is 1.55. The summed E-state index contributed by atoms with van der Waals surface area (Å²) in [5, 5.41) is 8.53. The lowest BCUT2D eigenvalue weighted by atomic mass is 10.1. The van der Waals surface area contributed by atoms with Crippen molar-refractivity contribution in [3.63, 3.8) is 0 Å². The maximum atomic E-state index is 8.53. The number of pyridine rings is 2. The lowest BCUT2D eigenvalue weighted by Crippen LogP contribution is -1.93. The lowest BCUT2D eigenvalue weighted by molar-refractivity contribution is 0.820. The largest absolute Gasteiger partial charge is 0.261 e. The van der Waals surface area contributed by atoms with Crippen molar-refractivity contribution >= 4 is 0 Å². The molecule has 0 aliphatic heterocycles. The summed E-state index contributed by atoms with van der Waals surface area (Å²) in [6.45, 7) is 8.40. The molecule has 0 aromatic carbocycles. The third kappa shape index (κ3) is 5.19. The Balaban J connectivity index is 0.000000204. The van der Waals surface area contributed by atoms with Crippen molar-refractivity contribution in [2.24, 2.45) is 0 Å². The van der Waals surface area contributed by atoms with Crippen molar-refractivity contribution in [2.45, 2.75) is 39.5 Å². The van der Waals surface area contributed by atoms with Crippen LogP contribution in [-0.4, -0.2) is 9.97 Å². The number of aromatic nitrogens is 2. The molecule has 3 nitrogen and oxygen atoms in total. The fourth-order valence-corrected chi connectivity index (χ4v) is 1.55. The molecule has 0 amide bonds. The number of hydrogen-bond donors (Lipinski definition) is 0. The molecular formula is C17H21N3. The van der Waals surface area contributed by atoms with Crippen LogP contribution >= 0.6 is 0 Å². The van der Waals surface area contributed by atoms with Gasteiger partial charge in [0.25, 0.3) is 0 Å². The molecule has 0 saturated heterocycles. The Morgan fingerprint density at radius 2 is 1.55 bits per heavy atom. The highest BCUT2D eigenvalue weighted by molar-refractivity contribution is 5.23. The Hall–Kier alpha value is -2.21. The van der Waals surface area contributed by atoms with Gasteiger partial charge in [0.2, 0.25) is 0 Å². The van der Waals surface area contributed by atoms with E-state index >= 15 is 0 Å². The van der Waals surface area contributed by atoms with Gasteiger partial charge in [0.05, 0.1) is 0 Å². The summed E-state index contributed by atoms with van der Waals surface area (Å²) in [4.78, 5) is 8.31. The minimum atomic E-state index is 0.392. The fraction of sp³-hybridized carbons (Fsp3) is 0.353. The highest BCUT2D eigenvalue weighted by atomic mass is 14.7. The Bertz CT molecular complexity index is 554. The predicted molar refractivity (Wildman–Crippen MR) is 81.4 cm³/mol. The van der Waals surface area contributed by atoms with Crippen LogP contribution in [0.2, 0.25) is 0 Å². The van der Waals surface area contributed by atoms with E-state index in [-0.39, 0.29) is 0 Å². The van der Waals surface area contributed by atoms with Gasteiger partial charge in [0.1, 0.15) is 11.8 Å². The van der Waals surface area contributed by atoms with Crippen LogP contribution in [0.4, 0.5) is 0 Å². The second kappa shape index (κ2) is 8.06. The van der Waals surface area contributed by atoms with Crippen LogP contribution in [0.5, 0.6) is 0 Å². The van der Waals surface area contributed by atoms with Gasteiger partial charge in [0.15, 0.2) is 0 Å². The molecular weight excluding hydrogens is 246 g/mol. The van der Waals surface area contributed by atoms with Crippen LogP contribution in [-0.2, 0) is 0 Å². The molecule has 0 radical (unpaired) electrons. The van der Waals surface area contributed by atoms with Gasteiger partial charge in [-0.3, -0.25) is 4.98 Å². The first-order chi connectivity index (χ1) is 9.54. The summed E-state index contributed by atoms with van der Waals surface area (Å²) in [5.41, 5.74) is 2.64. The summed E-state index contributed by atoms with van der Waals surface area (Å²) in [7, 11) is 0. The average molecular weight is 267 g/mol. The Morgan fingerprint density at radius 1 is 0.900 bits per heavy atom. The van der Waals surface area contributed by atoms with Crippen LogP contribution in [0, 0.1) is 11.3 Å². The van der Waals surface area contributed by atoms with Gasteiger partial charge in [-0.25, -0.2) is 4.98 Å². The molecule has 0 unspecified atom stereocenters. The van der Waals surface area contributed by atoms with Crippen molar-refractivity contribution in [1.82, 2.24) is 9.97 Å². The van der Waals surface area contributed by atoms with Crippen molar-refractivity contribution < 1.29 is 0 Å². The summed E-state index contributed by atoms with van der Waals surface area (Å²) in [6, 6.07) is 13.5. The van der Waals surface area contributed by atoms with E-state index in [2.05, 4.69) is 37.7 Å². The first kappa shape index (κ1) is 15.8. The molecule has 0 bridgehead atoms. The van der Waals surface area contributed by atoms with Gasteiger partial charge in [-0.1, -0.05) is 39.8 Å². The Morgan fingerprint density at radius 3 is 2.00 bits per heavy atom. The van der Waals surface area contributed by atoms with E-state index < -0.39 is 0 Å². The molecule has 0 aliphatic carbocycles. The highest BCUT2D eigenvalue weighted by Crippen LogP contribution is 2.10. The normalized spacial score (nSPS) is 9.85. The second-order valence-electron chi connectivity index (χ2n) is 5.12. The van der Waals surface area contributed by atoms with E-state index in [1.54, 1.807) is 6.07 Å². The maximum absolute atomic E-state index is 8.53. The lowest BCUT2D eigenvalue weighted by Gasteiger charge is -2.02. The molecule has 0 fully saturated rings. The van der Waals surface area contributed by atoms with Crippen LogP contribution in [0.15, 0.2) is 42.6 Å². The maximum Gasteiger partial charge on any atom is 0.140 e. The van der Waals surface area contributed by atoms with Crippen molar-refractivity contribution in [2.75, 3.05) is 0 Å². The molecule has 0 N–H and O–H groups in total. The first-order valence-electron chi connectivity index (χ1n) is 6.82. The third-order valence-corrected chi connectivity index (χ3v) is 2.76. The zero-order valence-corrected chi connectivity index (χ0v) is 12.5. The second-order valence-corrected chi connectivity index (χ2v) is 5.12. The van der Waals surface area contributed by atoms with E-state index in [4.69, 9.17) is 5.26 Å². The molecule has 2 aromatic rings. The molecule has 2 aromatic heterocycles. The summed E-state index contributed by atoms with van der Waals surface area (Å²) < 4.78 is 0. The van der Waals surface area contributed by atoms with Crippen molar-refractivity contribution in [3.8, 4) is 6.07 Å². The summed E-state index contributed by atoms with van der Waals surface area (Å²) in [5.74, 6) is 0.939. The topological polar surface area (TPSA) is 49.6 Å². The molecule has 3 heteroatoms. The standard InChI is InChI=1S/C9H10N2.C8H11N/c1-7(2)9-5-3-4-8(6-10)11-9;1-7(2)8-5-3-4-6-9-8/h3-5,7H,1-2H3;3-7H,1-2H3. The van der Waals surface area contributed by atoms with Crippen LogP contribution in [0.25, 0.3) is 0 Å². The van der Waals surface area contributed by atoms with Gasteiger partial charge in [-0.05, 0) is 36.1 Å². The number of hydrogen-bond acceptors (Lipinski definition) is 3. The Labute approximate surface area is 121 Å². The molecule has 20 heavy (non-hydrogen) atoms. The molecule has 2 rings (SSSR count). The van der Waals surface area contributed by atoms with E-state index in [0.717, 1.165) is 11.4 Å². The number of rotatable bonds is 2. The van der Waals surface area contributed by atoms with Gasteiger partial charge in [-0.15, -0.1) is 0 Å². The third-order valence-electron chi connectivity index (χ3n) is 2.76. The Kier molecular flexibility index (Phi) is 6.39. The SMILES string of the molecule is CC(C)c1cccc(C#N)n1.CC(C)c1ccccn1. The molecule has 0 atom stereocenters. The average Bonchev–Trinajstić information content (AvgIpc) is 2.49. The summed E-state index contributed by atoms with van der Waals surface area (Å²) >= 11 is 0. The quantitative estimate of drug-likeness (QED) is 0.816. The van der Waals surface area contributed by atoms with Crippen LogP contribution in [0.3, 0.4) is 0 Å². The zero-order valence-electron chi connectivity index (χ0n) is 12.5. The van der Waals surface area contributed by atoms with Gasteiger partial charge < -0.3 is 0 Å². The molecule has 0 spiro atoms. The molecule has 0 aliphatic rings. The van der Waals surface area contributed by atoms with E-state index in [1.165, 1.54) is 0 Å². The van der Waals surface area contributed by atoms with Crippen molar-refractivity contribution in [3.05, 3.63) is 59.7 Å². The van der Waals surface area contributed by atoms with Gasteiger partial charge >= 0.3 is 0 Å². The van der Waals surface area contributed by atoms with E-state index in [9.17, 15) is 0 Å². The van der Waals surface area contributed by atoms with E-state index in [0.29, 0.717) is 17.5 Å². The predicted octanol–water partition coefficient (Wildman–Crippen LogP) is 4.28. The smallest absolute Gasteiger partial charge is 0.140 e. The zero-order chi connectivity index (χ0) is 15.0. The molecule has 0 saturated carbocycles. The van der Waals surface area contributed by atoms with Crippen molar-refractivity contribution in [1.29, 1.82) is 5.26 Å².